The lowest BCUT2D eigenvalue weighted by Gasteiger charge is -2.17. The van der Waals surface area contributed by atoms with Crippen LogP contribution in [0.15, 0.2) is 60.7 Å². The topological polar surface area (TPSA) is 124 Å². The molecule has 0 atom stereocenters. The molecule has 1 heterocycles. The van der Waals surface area contributed by atoms with Gasteiger partial charge in [-0.3, -0.25) is 24.5 Å². The molecule has 0 saturated carbocycles. The molecule has 0 unspecified atom stereocenters. The van der Waals surface area contributed by atoms with Gasteiger partial charge in [-0.25, -0.2) is 9.69 Å². The van der Waals surface area contributed by atoms with Crippen LogP contribution in [0.2, 0.25) is 0 Å². The van der Waals surface area contributed by atoms with Gasteiger partial charge in [-0.2, -0.15) is 0 Å². The summed E-state index contributed by atoms with van der Waals surface area (Å²) in [7, 11) is 0. The number of benzene rings is 3. The van der Waals surface area contributed by atoms with E-state index in [0.29, 0.717) is 5.69 Å². The van der Waals surface area contributed by atoms with Crippen LogP contribution in [0.1, 0.15) is 52.6 Å². The van der Waals surface area contributed by atoms with E-state index >= 15 is 0 Å². The summed E-state index contributed by atoms with van der Waals surface area (Å²) >= 11 is 0. The quantitative estimate of drug-likeness (QED) is 0.179. The van der Waals surface area contributed by atoms with Crippen molar-refractivity contribution in [1.29, 1.82) is 0 Å². The summed E-state index contributed by atoms with van der Waals surface area (Å²) in [5.74, 6) is -2.42. The average molecular weight is 458 g/mol. The number of amides is 2. The predicted octanol–water partition coefficient (Wildman–Crippen LogP) is 4.05. The molecule has 0 aliphatic carbocycles. The summed E-state index contributed by atoms with van der Waals surface area (Å²) in [5.41, 5.74) is 2.36. The van der Waals surface area contributed by atoms with Crippen molar-refractivity contribution in [2.45, 2.75) is 13.8 Å². The number of nitro benzene ring substituents is 1. The predicted molar refractivity (Wildman–Crippen MR) is 121 cm³/mol. The smallest absolute Gasteiger partial charge is 0.338 e. The van der Waals surface area contributed by atoms with Crippen molar-refractivity contribution in [3.05, 3.63) is 104 Å². The first kappa shape index (κ1) is 22.5. The Kier molecular flexibility index (Phi) is 5.77. The molecule has 3 aromatic carbocycles. The molecule has 0 fully saturated rings. The first-order valence-electron chi connectivity index (χ1n) is 10.2. The van der Waals surface area contributed by atoms with E-state index < -0.39 is 35.1 Å². The van der Waals surface area contributed by atoms with Crippen molar-refractivity contribution in [2.75, 3.05) is 11.5 Å². The van der Waals surface area contributed by atoms with E-state index in [9.17, 15) is 29.3 Å². The number of rotatable bonds is 6. The fourth-order valence-electron chi connectivity index (χ4n) is 3.61. The summed E-state index contributed by atoms with van der Waals surface area (Å²) < 4.78 is 5.06. The highest BCUT2D eigenvalue weighted by Crippen LogP contribution is 2.32. The molecule has 0 radical (unpaired) electrons. The maximum absolute atomic E-state index is 13.0. The molecular formula is C25H18N2O7. The van der Waals surface area contributed by atoms with Crippen LogP contribution in [0, 0.1) is 24.0 Å². The monoisotopic (exact) mass is 458 g/mol. The van der Waals surface area contributed by atoms with Gasteiger partial charge in [-0.15, -0.1) is 0 Å². The van der Waals surface area contributed by atoms with Crippen molar-refractivity contribution >= 4 is 34.9 Å². The van der Waals surface area contributed by atoms with Crippen LogP contribution in [0.4, 0.5) is 11.4 Å². The van der Waals surface area contributed by atoms with Gasteiger partial charge in [-0.05, 0) is 61.4 Å². The lowest BCUT2D eigenvalue weighted by molar-refractivity contribution is -0.384. The second-order valence-corrected chi connectivity index (χ2v) is 7.80. The van der Waals surface area contributed by atoms with Crippen molar-refractivity contribution in [3.63, 3.8) is 0 Å². The standard InChI is InChI=1S/C25H18N2O7/c1-14-3-4-15(2)21(11-14)26-23(29)19-10-7-17(12-20(19)24(26)30)25(31)34-13-22(28)16-5-8-18(9-6-16)27(32)33/h3-12H,13H2,1-2H3. The summed E-state index contributed by atoms with van der Waals surface area (Å²) in [5, 5.41) is 10.7. The fourth-order valence-corrected chi connectivity index (χ4v) is 3.61. The molecule has 3 aromatic rings. The summed E-state index contributed by atoms with van der Waals surface area (Å²) in [6, 6.07) is 14.4. The maximum Gasteiger partial charge on any atom is 0.338 e. The van der Waals surface area contributed by atoms with Gasteiger partial charge in [0, 0.05) is 17.7 Å². The summed E-state index contributed by atoms with van der Waals surface area (Å²) in [4.78, 5) is 61.9. The van der Waals surface area contributed by atoms with Gasteiger partial charge in [0.05, 0.1) is 27.3 Å². The average Bonchev–Trinajstić information content (AvgIpc) is 3.08. The highest BCUT2D eigenvalue weighted by Gasteiger charge is 2.38. The van der Waals surface area contributed by atoms with Crippen LogP contribution in [-0.2, 0) is 4.74 Å². The van der Waals surface area contributed by atoms with E-state index in [1.807, 2.05) is 19.1 Å². The highest BCUT2D eigenvalue weighted by molar-refractivity contribution is 6.35. The molecule has 2 amide bonds. The normalized spacial score (nSPS) is 12.5. The Balaban J connectivity index is 1.50. The Hall–Kier alpha value is -4.66. The number of hydrogen-bond acceptors (Lipinski definition) is 7. The summed E-state index contributed by atoms with van der Waals surface area (Å²) in [6.45, 7) is 3.06. The molecule has 0 aromatic heterocycles. The number of aryl methyl sites for hydroxylation is 2. The summed E-state index contributed by atoms with van der Waals surface area (Å²) in [6.07, 6.45) is 0. The van der Waals surface area contributed by atoms with Crippen LogP contribution in [0.3, 0.4) is 0 Å². The number of ether oxygens (including phenoxy) is 1. The molecule has 170 valence electrons. The van der Waals surface area contributed by atoms with Crippen LogP contribution in [0.25, 0.3) is 0 Å². The number of carbonyl (C=O) groups is 4. The SMILES string of the molecule is Cc1ccc(C)c(N2C(=O)c3ccc(C(=O)OCC(=O)c4ccc([N+](=O)[O-])cc4)cc3C2=O)c1. The van der Waals surface area contributed by atoms with Crippen molar-refractivity contribution in [1.82, 2.24) is 0 Å². The molecule has 0 spiro atoms. The van der Waals surface area contributed by atoms with E-state index in [1.54, 1.807) is 13.0 Å². The Morgan fingerprint density at radius 2 is 1.53 bits per heavy atom. The van der Waals surface area contributed by atoms with E-state index in [0.717, 1.165) is 16.0 Å². The minimum Gasteiger partial charge on any atom is -0.454 e. The molecule has 0 saturated heterocycles. The minimum atomic E-state index is -0.844. The largest absolute Gasteiger partial charge is 0.454 e. The van der Waals surface area contributed by atoms with E-state index in [4.69, 9.17) is 4.74 Å². The van der Waals surface area contributed by atoms with Crippen LogP contribution in [0.5, 0.6) is 0 Å². The number of carbonyl (C=O) groups excluding carboxylic acids is 4. The zero-order valence-electron chi connectivity index (χ0n) is 18.2. The minimum absolute atomic E-state index is 0.0132. The lowest BCUT2D eigenvalue weighted by atomic mass is 10.1. The Morgan fingerprint density at radius 1 is 0.882 bits per heavy atom. The van der Waals surface area contributed by atoms with Crippen molar-refractivity contribution < 1.29 is 28.8 Å². The number of non-ortho nitro benzene ring substituents is 1. The zero-order valence-corrected chi connectivity index (χ0v) is 18.2. The molecular weight excluding hydrogens is 440 g/mol. The number of ketones is 1. The van der Waals surface area contributed by atoms with E-state index in [2.05, 4.69) is 0 Å². The van der Waals surface area contributed by atoms with Gasteiger partial charge in [0.15, 0.2) is 12.4 Å². The van der Waals surface area contributed by atoms with Gasteiger partial charge < -0.3 is 4.74 Å². The number of fused-ring (bicyclic) bond motifs is 1. The second kappa shape index (κ2) is 8.70. The van der Waals surface area contributed by atoms with E-state index in [1.165, 1.54) is 42.5 Å². The van der Waals surface area contributed by atoms with Crippen molar-refractivity contribution in [3.8, 4) is 0 Å². The van der Waals surface area contributed by atoms with Gasteiger partial charge in [-0.1, -0.05) is 12.1 Å². The Bertz CT molecular complexity index is 1380. The number of nitro groups is 1. The number of anilines is 1. The number of esters is 1. The molecule has 1 aliphatic rings. The molecule has 34 heavy (non-hydrogen) atoms. The third kappa shape index (κ3) is 4.06. The van der Waals surface area contributed by atoms with E-state index in [-0.39, 0.29) is 27.9 Å². The number of imide groups is 1. The highest BCUT2D eigenvalue weighted by atomic mass is 16.6. The van der Waals surface area contributed by atoms with Gasteiger partial charge in [0.2, 0.25) is 0 Å². The molecule has 0 bridgehead atoms. The maximum atomic E-state index is 13.0. The Labute approximate surface area is 193 Å². The van der Waals surface area contributed by atoms with Gasteiger partial charge >= 0.3 is 5.97 Å². The number of Topliss-reactive ketones (excluding diaryl/α,β-unsaturated/α-hetero) is 1. The van der Waals surface area contributed by atoms with Crippen molar-refractivity contribution in [2.24, 2.45) is 0 Å². The third-order valence-corrected chi connectivity index (χ3v) is 5.46. The third-order valence-electron chi connectivity index (χ3n) is 5.46. The van der Waals surface area contributed by atoms with Crippen LogP contribution >= 0.6 is 0 Å². The van der Waals surface area contributed by atoms with Gasteiger partial charge in [0.1, 0.15) is 0 Å². The van der Waals surface area contributed by atoms with Crippen LogP contribution in [-0.4, -0.2) is 35.1 Å². The molecule has 9 heteroatoms. The fraction of sp³-hybridized carbons (Fsp3) is 0.120. The molecule has 4 rings (SSSR count). The molecule has 1 aliphatic heterocycles. The second-order valence-electron chi connectivity index (χ2n) is 7.80. The zero-order chi connectivity index (χ0) is 24.6. The Morgan fingerprint density at radius 3 is 2.21 bits per heavy atom. The first-order chi connectivity index (χ1) is 16.2. The first-order valence-corrected chi connectivity index (χ1v) is 10.2. The number of hydrogen-bond donors (Lipinski definition) is 0. The molecule has 9 nitrogen and oxygen atoms in total. The van der Waals surface area contributed by atoms with Crippen LogP contribution < -0.4 is 4.90 Å². The molecule has 0 N–H and O–H groups in total. The number of nitrogens with zero attached hydrogens (tertiary/aromatic N) is 2. The van der Waals surface area contributed by atoms with Gasteiger partial charge in [0.25, 0.3) is 17.5 Å². The lowest BCUT2D eigenvalue weighted by Crippen LogP contribution is -2.30.